The van der Waals surface area contributed by atoms with Crippen molar-refractivity contribution in [3.63, 3.8) is 0 Å². The summed E-state index contributed by atoms with van der Waals surface area (Å²) in [5, 5.41) is 19.0. The fraction of sp³-hybridized carbons (Fsp3) is 0.500. The van der Waals surface area contributed by atoms with Crippen LogP contribution < -0.4 is 0 Å². The molecule has 1 aromatic heterocycles. The molecule has 0 aromatic carbocycles. The van der Waals surface area contributed by atoms with Gasteiger partial charge in [0, 0.05) is 6.92 Å². The van der Waals surface area contributed by atoms with Gasteiger partial charge in [0.2, 0.25) is 0 Å². The summed E-state index contributed by atoms with van der Waals surface area (Å²) in [6.07, 6.45) is 1.19. The molecular formula is C6H9FeN3O3+3. The second kappa shape index (κ2) is 4.96. The van der Waals surface area contributed by atoms with E-state index in [-0.39, 0.29) is 36.0 Å². The van der Waals surface area contributed by atoms with E-state index in [1.54, 1.807) is 6.92 Å². The summed E-state index contributed by atoms with van der Waals surface area (Å²) in [4.78, 5) is 13.6. The van der Waals surface area contributed by atoms with E-state index in [0.717, 1.165) is 0 Å². The van der Waals surface area contributed by atoms with Crippen molar-refractivity contribution in [1.82, 2.24) is 9.55 Å². The Morgan fingerprint density at radius 3 is 2.85 bits per heavy atom. The van der Waals surface area contributed by atoms with Crippen molar-refractivity contribution in [3.8, 4) is 0 Å². The number of aliphatic hydroxyl groups is 1. The molecule has 1 radical (unpaired) electrons. The van der Waals surface area contributed by atoms with Crippen LogP contribution >= 0.6 is 0 Å². The van der Waals surface area contributed by atoms with Gasteiger partial charge in [-0.25, -0.2) is 9.55 Å². The molecule has 0 saturated carbocycles. The minimum atomic E-state index is -0.518. The van der Waals surface area contributed by atoms with Gasteiger partial charge in [-0.1, -0.05) is 0 Å². The number of hydrogen-bond donors (Lipinski definition) is 1. The molecule has 7 heteroatoms. The van der Waals surface area contributed by atoms with Crippen molar-refractivity contribution in [3.05, 3.63) is 22.1 Å². The molecule has 0 unspecified atom stereocenters. The maximum Gasteiger partial charge on any atom is 3.00 e. The Labute approximate surface area is 85.2 Å². The van der Waals surface area contributed by atoms with Gasteiger partial charge in [-0.05, 0) is 4.92 Å². The fourth-order valence-electron chi connectivity index (χ4n) is 0.978. The zero-order valence-corrected chi connectivity index (χ0v) is 8.05. The van der Waals surface area contributed by atoms with Crippen molar-refractivity contribution < 1.29 is 27.1 Å². The molecule has 1 N–H and O–H groups in total. The predicted molar refractivity (Wildman–Crippen MR) is 40.7 cm³/mol. The summed E-state index contributed by atoms with van der Waals surface area (Å²) in [5.41, 5.74) is 0. The summed E-state index contributed by atoms with van der Waals surface area (Å²) in [5.74, 6) is 0.456. The van der Waals surface area contributed by atoms with E-state index in [1.165, 1.54) is 10.8 Å². The molecule has 1 rings (SSSR count). The van der Waals surface area contributed by atoms with Crippen LogP contribution in [0, 0.1) is 17.0 Å². The van der Waals surface area contributed by atoms with Gasteiger partial charge in [0.15, 0.2) is 5.82 Å². The molecule has 0 bridgehead atoms. The van der Waals surface area contributed by atoms with Crippen molar-refractivity contribution in [2.24, 2.45) is 0 Å². The first kappa shape index (κ1) is 12.1. The maximum absolute atomic E-state index is 10.4. The molecule has 13 heavy (non-hydrogen) atoms. The smallest absolute Gasteiger partial charge is 0.392 e. The number of hydrogen-bond acceptors (Lipinski definition) is 4. The van der Waals surface area contributed by atoms with Gasteiger partial charge in [0.05, 0.1) is 6.61 Å². The molecule has 0 fully saturated rings. The standard InChI is InChI=1S/C6H9N3O3.Fe/c1-5-7-4-6(9(11)12)8(5)2-3-10;/h4,10H,2-3H2,1H3;/q;+3. The molecule has 0 aliphatic rings. The third-order valence-electron chi connectivity index (χ3n) is 1.54. The van der Waals surface area contributed by atoms with Crippen molar-refractivity contribution >= 4 is 5.82 Å². The normalized spacial score (nSPS) is 9.38. The van der Waals surface area contributed by atoms with Crippen LogP contribution in [0.25, 0.3) is 0 Å². The van der Waals surface area contributed by atoms with Gasteiger partial charge < -0.3 is 15.2 Å². The third-order valence-corrected chi connectivity index (χ3v) is 1.54. The average Bonchev–Trinajstić information content (AvgIpc) is 2.34. The second-order valence-corrected chi connectivity index (χ2v) is 2.30. The summed E-state index contributed by atoms with van der Waals surface area (Å²) >= 11 is 0. The Kier molecular flexibility index (Phi) is 4.61. The van der Waals surface area contributed by atoms with E-state index in [9.17, 15) is 10.1 Å². The Hall–Kier alpha value is -0.911. The number of nitro groups is 1. The molecule has 0 aliphatic heterocycles. The quantitative estimate of drug-likeness (QED) is 0.450. The molecule has 0 spiro atoms. The summed E-state index contributed by atoms with van der Waals surface area (Å²) in [7, 11) is 0. The van der Waals surface area contributed by atoms with Gasteiger partial charge >= 0.3 is 22.9 Å². The van der Waals surface area contributed by atoms with Crippen LogP contribution in [-0.4, -0.2) is 26.2 Å². The average molecular weight is 227 g/mol. The molecule has 0 atom stereocenters. The zero-order chi connectivity index (χ0) is 9.14. The van der Waals surface area contributed by atoms with E-state index >= 15 is 0 Å². The van der Waals surface area contributed by atoms with E-state index in [0.29, 0.717) is 5.82 Å². The van der Waals surface area contributed by atoms with Crippen molar-refractivity contribution in [2.75, 3.05) is 6.61 Å². The predicted octanol–water partition coefficient (Wildman–Crippen LogP) is 0.0895. The van der Waals surface area contributed by atoms with E-state index < -0.39 is 4.92 Å². The Morgan fingerprint density at radius 1 is 1.77 bits per heavy atom. The van der Waals surface area contributed by atoms with Gasteiger partial charge in [0.1, 0.15) is 12.7 Å². The van der Waals surface area contributed by atoms with Gasteiger partial charge in [0.25, 0.3) is 0 Å². The Morgan fingerprint density at radius 2 is 2.38 bits per heavy atom. The van der Waals surface area contributed by atoms with Crippen LogP contribution in [0.4, 0.5) is 5.82 Å². The molecule has 1 aromatic rings. The second-order valence-electron chi connectivity index (χ2n) is 2.30. The van der Waals surface area contributed by atoms with Crippen LogP contribution in [0.2, 0.25) is 0 Å². The Balaban J connectivity index is 0.00000144. The number of aliphatic hydroxyl groups excluding tert-OH is 1. The Bertz CT molecular complexity index is 299. The summed E-state index contributed by atoms with van der Waals surface area (Å²) in [6, 6.07) is 0. The molecule has 0 amide bonds. The minimum Gasteiger partial charge on any atom is -0.392 e. The first-order valence-corrected chi connectivity index (χ1v) is 3.44. The first-order chi connectivity index (χ1) is 5.66. The van der Waals surface area contributed by atoms with Crippen LogP contribution in [0.3, 0.4) is 0 Å². The van der Waals surface area contributed by atoms with Crippen molar-refractivity contribution in [1.29, 1.82) is 0 Å². The molecular weight excluding hydrogens is 218 g/mol. The third kappa shape index (κ3) is 2.51. The molecule has 0 aliphatic carbocycles. The van der Waals surface area contributed by atoms with Crippen LogP contribution in [0.1, 0.15) is 5.82 Å². The molecule has 0 saturated heterocycles. The van der Waals surface area contributed by atoms with E-state index in [2.05, 4.69) is 4.98 Å². The number of nitrogens with zero attached hydrogens (tertiary/aromatic N) is 3. The fourth-order valence-corrected chi connectivity index (χ4v) is 0.978. The van der Waals surface area contributed by atoms with Crippen molar-refractivity contribution in [2.45, 2.75) is 13.5 Å². The maximum atomic E-state index is 10.4. The summed E-state index contributed by atoms with van der Waals surface area (Å²) < 4.78 is 1.36. The molecule has 71 valence electrons. The SMILES string of the molecule is Cc1ncc([N+](=O)[O-])n1CCO.[Fe+3]. The monoisotopic (exact) mass is 227 g/mol. The van der Waals surface area contributed by atoms with Crippen LogP contribution in [0.5, 0.6) is 0 Å². The number of aryl methyl sites for hydroxylation is 1. The molecule has 6 nitrogen and oxygen atoms in total. The van der Waals surface area contributed by atoms with E-state index in [4.69, 9.17) is 5.11 Å². The van der Waals surface area contributed by atoms with E-state index in [1.807, 2.05) is 0 Å². The zero-order valence-electron chi connectivity index (χ0n) is 6.95. The topological polar surface area (TPSA) is 81.2 Å². The van der Waals surface area contributed by atoms with Crippen LogP contribution in [-0.2, 0) is 23.6 Å². The van der Waals surface area contributed by atoms with Gasteiger partial charge in [-0.15, -0.1) is 0 Å². The first-order valence-electron chi connectivity index (χ1n) is 3.44. The van der Waals surface area contributed by atoms with Gasteiger partial charge in [-0.2, -0.15) is 0 Å². The minimum absolute atomic E-state index is 0. The number of imidazole rings is 1. The number of rotatable bonds is 3. The largest absolute Gasteiger partial charge is 3.00 e. The molecule has 1 heterocycles. The van der Waals surface area contributed by atoms with Gasteiger partial charge in [-0.3, -0.25) is 0 Å². The summed E-state index contributed by atoms with van der Waals surface area (Å²) in [6.45, 7) is 1.74. The van der Waals surface area contributed by atoms with Crippen LogP contribution in [0.15, 0.2) is 6.20 Å². The number of aromatic nitrogens is 2.